The molecule has 1 saturated heterocycles. The van der Waals surface area contributed by atoms with Gasteiger partial charge in [0.15, 0.2) is 0 Å². The molecule has 1 aliphatic heterocycles. The fourth-order valence-electron chi connectivity index (χ4n) is 2.30. The number of carbonyl (C=O) groups is 1. The van der Waals surface area contributed by atoms with Gasteiger partial charge in [0.05, 0.1) is 0 Å². The van der Waals surface area contributed by atoms with Crippen molar-refractivity contribution in [3.05, 3.63) is 0 Å². The zero-order valence-corrected chi connectivity index (χ0v) is 12.4. The van der Waals surface area contributed by atoms with Crippen molar-refractivity contribution in [2.45, 2.75) is 33.1 Å². The number of nitrogens with one attached hydrogen (secondary N) is 1. The summed E-state index contributed by atoms with van der Waals surface area (Å²) in [6, 6.07) is 0. The highest BCUT2D eigenvalue weighted by Crippen LogP contribution is 2.18. The van der Waals surface area contributed by atoms with Crippen LogP contribution in [-0.2, 0) is 0 Å². The van der Waals surface area contributed by atoms with Gasteiger partial charge in [-0.1, -0.05) is 13.8 Å². The fourth-order valence-corrected chi connectivity index (χ4v) is 2.30. The van der Waals surface area contributed by atoms with Gasteiger partial charge in [0.25, 0.3) is 0 Å². The maximum atomic E-state index is 11.3. The molecule has 0 aliphatic carbocycles. The number of amidine groups is 1. The number of carboxylic acid groups (broad SMARTS) is 1. The minimum atomic E-state index is -1.07. The predicted molar refractivity (Wildman–Crippen MR) is 77.6 cm³/mol. The van der Waals surface area contributed by atoms with Gasteiger partial charge in [-0.05, 0) is 31.2 Å². The van der Waals surface area contributed by atoms with Gasteiger partial charge >= 0.3 is 6.09 Å². The predicted octanol–water partition coefficient (Wildman–Crippen LogP) is 2.00. The summed E-state index contributed by atoms with van der Waals surface area (Å²) < 4.78 is 0. The van der Waals surface area contributed by atoms with E-state index in [1.54, 1.807) is 5.01 Å². The summed E-state index contributed by atoms with van der Waals surface area (Å²) in [5.41, 5.74) is 5.65. The highest BCUT2D eigenvalue weighted by molar-refractivity contribution is 5.92. The van der Waals surface area contributed by atoms with E-state index >= 15 is 0 Å². The summed E-state index contributed by atoms with van der Waals surface area (Å²) in [5.74, 6) is 0.747. The number of hydrazine groups is 1. The number of nitrogens with two attached hydrogens (primary N) is 1. The molecule has 112 valence electrons. The molecule has 0 bridgehead atoms. The maximum Gasteiger partial charge on any atom is 0.427 e. The van der Waals surface area contributed by atoms with Crippen molar-refractivity contribution in [2.24, 2.45) is 17.6 Å². The molecule has 0 aromatic rings. The molecule has 1 aliphatic rings. The summed E-state index contributed by atoms with van der Waals surface area (Å²) in [5, 5.41) is 20.1. The van der Waals surface area contributed by atoms with E-state index in [4.69, 9.17) is 11.1 Å². The molecule has 1 heterocycles. The maximum absolute atomic E-state index is 11.3. The first-order chi connectivity index (χ1) is 8.45. The van der Waals surface area contributed by atoms with E-state index in [0.717, 1.165) is 17.9 Å². The Hall–Kier alpha value is -0.850. The molecule has 6 nitrogen and oxygen atoms in total. The lowest BCUT2D eigenvalue weighted by Crippen LogP contribution is -2.54. The average Bonchev–Trinajstić information content (AvgIpc) is 2.28. The van der Waals surface area contributed by atoms with Crippen LogP contribution in [0.3, 0.4) is 0 Å². The van der Waals surface area contributed by atoms with Crippen LogP contribution in [0.4, 0.5) is 4.79 Å². The Kier molecular flexibility index (Phi) is 7.97. The molecular weight excluding hydrogens is 268 g/mol. The Bertz CT molecular complexity index is 312. The molecule has 1 atom stereocenters. The summed E-state index contributed by atoms with van der Waals surface area (Å²) in [6.07, 6.45) is 1.37. The molecule has 7 heteroatoms. The first-order valence-electron chi connectivity index (χ1n) is 6.51. The van der Waals surface area contributed by atoms with E-state index in [1.165, 1.54) is 0 Å². The Morgan fingerprint density at radius 3 is 2.68 bits per heavy atom. The Labute approximate surface area is 120 Å². The van der Waals surface area contributed by atoms with Gasteiger partial charge in [-0.25, -0.2) is 9.80 Å². The normalized spacial score (nSPS) is 19.9. The van der Waals surface area contributed by atoms with Crippen molar-refractivity contribution in [1.82, 2.24) is 10.0 Å². The lowest BCUT2D eigenvalue weighted by atomic mass is 9.99. The van der Waals surface area contributed by atoms with Gasteiger partial charge in [0, 0.05) is 19.5 Å². The summed E-state index contributed by atoms with van der Waals surface area (Å²) >= 11 is 0. The van der Waals surface area contributed by atoms with Crippen LogP contribution >= 0.6 is 12.4 Å². The lowest BCUT2D eigenvalue weighted by molar-refractivity contribution is 0.0107. The molecular formula is C12H25ClN4O2. The molecule has 0 spiro atoms. The van der Waals surface area contributed by atoms with E-state index in [0.29, 0.717) is 32.0 Å². The van der Waals surface area contributed by atoms with E-state index in [9.17, 15) is 9.90 Å². The summed E-state index contributed by atoms with van der Waals surface area (Å²) in [4.78, 5) is 11.3. The highest BCUT2D eigenvalue weighted by atomic mass is 35.5. The third-order valence-corrected chi connectivity index (χ3v) is 3.15. The molecule has 0 aromatic heterocycles. The Morgan fingerprint density at radius 1 is 1.58 bits per heavy atom. The standard InChI is InChI=1S/C12H24N4O2.ClH/c1-9(2)6-11(14)16(12(17)18)15-5-3-4-10(7-13)8-15;/h9-10,14H,3-8,13H2,1-2H3,(H,17,18);1H/t10-;/m0./s1. The third kappa shape index (κ3) is 5.34. The second-order valence-electron chi connectivity index (χ2n) is 5.30. The summed E-state index contributed by atoms with van der Waals surface area (Å²) in [6.45, 7) is 5.84. The SMILES string of the molecule is CC(C)CC(=N)N(C(=O)O)N1CCC[C@@H](CN)C1.Cl. The van der Waals surface area contributed by atoms with E-state index in [1.807, 2.05) is 13.8 Å². The van der Waals surface area contributed by atoms with Crippen molar-refractivity contribution in [3.8, 4) is 0 Å². The van der Waals surface area contributed by atoms with Gasteiger partial charge in [0.2, 0.25) is 0 Å². The van der Waals surface area contributed by atoms with Gasteiger partial charge in [-0.2, -0.15) is 5.01 Å². The molecule has 19 heavy (non-hydrogen) atoms. The largest absolute Gasteiger partial charge is 0.464 e. The van der Waals surface area contributed by atoms with Crippen LogP contribution in [0.2, 0.25) is 0 Å². The molecule has 0 unspecified atom stereocenters. The van der Waals surface area contributed by atoms with Crippen molar-refractivity contribution >= 4 is 24.3 Å². The Morgan fingerprint density at radius 2 is 2.21 bits per heavy atom. The quantitative estimate of drug-likeness (QED) is 0.546. The number of halogens is 1. The monoisotopic (exact) mass is 292 g/mol. The molecule has 0 saturated carbocycles. The van der Waals surface area contributed by atoms with E-state index < -0.39 is 6.09 Å². The second kappa shape index (κ2) is 8.35. The number of nitrogens with zero attached hydrogens (tertiary/aromatic N) is 2. The van der Waals surface area contributed by atoms with Crippen LogP contribution < -0.4 is 5.73 Å². The van der Waals surface area contributed by atoms with Crippen molar-refractivity contribution < 1.29 is 9.90 Å². The van der Waals surface area contributed by atoms with Crippen LogP contribution in [0.25, 0.3) is 0 Å². The fraction of sp³-hybridized carbons (Fsp3) is 0.833. The molecule has 0 aromatic carbocycles. The smallest absolute Gasteiger partial charge is 0.427 e. The van der Waals surface area contributed by atoms with Gasteiger partial charge in [0.1, 0.15) is 5.84 Å². The first kappa shape index (κ1) is 18.1. The van der Waals surface area contributed by atoms with Gasteiger partial charge < -0.3 is 10.8 Å². The Balaban J connectivity index is 0.00000324. The van der Waals surface area contributed by atoms with Crippen molar-refractivity contribution in [3.63, 3.8) is 0 Å². The van der Waals surface area contributed by atoms with E-state index in [-0.39, 0.29) is 24.2 Å². The van der Waals surface area contributed by atoms with Crippen molar-refractivity contribution in [2.75, 3.05) is 19.6 Å². The molecule has 0 radical (unpaired) electrons. The first-order valence-corrected chi connectivity index (χ1v) is 6.51. The van der Waals surface area contributed by atoms with Crippen LogP contribution in [0, 0.1) is 17.2 Å². The zero-order chi connectivity index (χ0) is 13.7. The number of hydrogen-bond donors (Lipinski definition) is 3. The molecule has 1 rings (SSSR count). The van der Waals surface area contributed by atoms with Crippen LogP contribution in [0.1, 0.15) is 33.1 Å². The number of hydrogen-bond acceptors (Lipinski definition) is 4. The topological polar surface area (TPSA) is 93.6 Å². The number of amides is 1. The number of rotatable bonds is 4. The molecule has 1 amide bonds. The van der Waals surface area contributed by atoms with E-state index in [2.05, 4.69) is 0 Å². The third-order valence-electron chi connectivity index (χ3n) is 3.15. The molecule has 1 fully saturated rings. The zero-order valence-electron chi connectivity index (χ0n) is 11.6. The molecule has 4 N–H and O–H groups in total. The highest BCUT2D eigenvalue weighted by Gasteiger charge is 2.29. The van der Waals surface area contributed by atoms with Crippen LogP contribution in [-0.4, -0.2) is 46.7 Å². The second-order valence-corrected chi connectivity index (χ2v) is 5.30. The average molecular weight is 293 g/mol. The van der Waals surface area contributed by atoms with Crippen LogP contribution in [0.5, 0.6) is 0 Å². The minimum Gasteiger partial charge on any atom is -0.464 e. The van der Waals surface area contributed by atoms with Gasteiger partial charge in [-0.3, -0.25) is 5.41 Å². The van der Waals surface area contributed by atoms with Gasteiger partial charge in [-0.15, -0.1) is 12.4 Å². The van der Waals surface area contributed by atoms with Crippen molar-refractivity contribution in [1.29, 1.82) is 5.41 Å². The number of piperidine rings is 1. The summed E-state index contributed by atoms with van der Waals surface area (Å²) in [7, 11) is 0. The van der Waals surface area contributed by atoms with Crippen LogP contribution in [0.15, 0.2) is 0 Å². The minimum absolute atomic E-state index is 0. The lowest BCUT2D eigenvalue weighted by Gasteiger charge is -2.38.